The number of carbonyl (C=O) groups is 1. The second kappa shape index (κ2) is 12.9. The molecule has 0 fully saturated rings. The van der Waals surface area contributed by atoms with E-state index in [9.17, 15) is 17.8 Å². The van der Waals surface area contributed by atoms with Gasteiger partial charge in [-0.3, -0.25) is 14.0 Å². The van der Waals surface area contributed by atoms with Crippen molar-refractivity contribution in [1.29, 1.82) is 0 Å². The summed E-state index contributed by atoms with van der Waals surface area (Å²) in [6.07, 6.45) is 1.61. The van der Waals surface area contributed by atoms with E-state index in [0.29, 0.717) is 45.6 Å². The number of aliphatic hydroxyl groups is 1. The zero-order valence-electron chi connectivity index (χ0n) is 23.0. The molecule has 1 aliphatic heterocycles. The standard InChI is InChI=1S/C25H27N7O8S2/c1-15-13-18(31(8-11-41-40-39-35)9-12-42(36,37)38)5-6-19(15)26-24-23(21(34)7-10-33)29-32-17(3)22(27-25(24)32)20-14-16(2)30(4)28-20/h5-6,13-14,33,35H,8-9,11-12H2,1-4H3,(H,36,37,38). The highest BCUT2D eigenvalue weighted by Gasteiger charge is 2.33. The number of fused-ring (bicyclic) bond motifs is 1. The molecule has 0 spiro atoms. The van der Waals surface area contributed by atoms with E-state index >= 15 is 0 Å². The van der Waals surface area contributed by atoms with Gasteiger partial charge in [0.2, 0.25) is 0 Å². The Morgan fingerprint density at radius 3 is 2.60 bits per heavy atom. The van der Waals surface area contributed by atoms with Gasteiger partial charge in [-0.2, -0.15) is 18.6 Å². The Hall–Kier alpha value is -4.05. The summed E-state index contributed by atoms with van der Waals surface area (Å²) in [5.41, 5.74) is 4.58. The molecule has 0 unspecified atom stereocenters. The van der Waals surface area contributed by atoms with Crippen molar-refractivity contribution in [2.45, 2.75) is 20.8 Å². The lowest BCUT2D eigenvalue weighted by Crippen LogP contribution is -2.31. The molecule has 0 saturated heterocycles. The van der Waals surface area contributed by atoms with Gasteiger partial charge in [-0.05, 0) is 50.6 Å². The Balaban J connectivity index is 1.73. The maximum absolute atomic E-state index is 12.7. The Morgan fingerprint density at radius 2 is 1.98 bits per heavy atom. The van der Waals surface area contributed by atoms with Crippen LogP contribution >= 0.6 is 12.0 Å². The average molecular weight is 618 g/mol. The summed E-state index contributed by atoms with van der Waals surface area (Å²) < 4.78 is 39.6. The predicted octanol–water partition coefficient (Wildman–Crippen LogP) is 2.21. The number of rotatable bonds is 12. The maximum atomic E-state index is 12.7. The van der Waals surface area contributed by atoms with Gasteiger partial charge in [0.05, 0.1) is 17.1 Å². The SMILES string of the molecule is Cc1cc(N(CCSOOO)CCS(=O)(=O)O)ccc1N=C1C(C(=O)C#CO)=Nn2c1nc(-c1cc(C)n(C)n1)c2C. The number of carbonyl (C=O) groups excluding carboxylic acids is 1. The first-order chi connectivity index (χ1) is 19.9. The third kappa shape index (κ3) is 6.87. The van der Waals surface area contributed by atoms with Crippen LogP contribution in [0.3, 0.4) is 0 Å². The summed E-state index contributed by atoms with van der Waals surface area (Å²) in [6, 6.07) is 7.02. The van der Waals surface area contributed by atoms with Crippen molar-refractivity contribution in [1.82, 2.24) is 19.4 Å². The van der Waals surface area contributed by atoms with Gasteiger partial charge in [-0.1, -0.05) is 5.04 Å². The fraction of sp³-hybridized carbons (Fsp3) is 0.320. The highest BCUT2D eigenvalue weighted by atomic mass is 32.2. The van der Waals surface area contributed by atoms with Crippen LogP contribution in [0.4, 0.5) is 11.4 Å². The van der Waals surface area contributed by atoms with E-state index in [1.807, 2.05) is 20.0 Å². The summed E-state index contributed by atoms with van der Waals surface area (Å²) in [5, 5.41) is 29.8. The van der Waals surface area contributed by atoms with E-state index in [2.05, 4.69) is 25.5 Å². The van der Waals surface area contributed by atoms with Gasteiger partial charge in [-0.25, -0.2) is 19.9 Å². The number of aromatic nitrogens is 4. The molecular formula is C25H27N7O8S2. The summed E-state index contributed by atoms with van der Waals surface area (Å²) >= 11 is 0.805. The van der Waals surface area contributed by atoms with Crippen molar-refractivity contribution in [3.63, 3.8) is 0 Å². The Morgan fingerprint density at radius 1 is 1.21 bits per heavy atom. The van der Waals surface area contributed by atoms with Crippen LogP contribution in [0, 0.1) is 32.8 Å². The lowest BCUT2D eigenvalue weighted by molar-refractivity contribution is -0.432. The number of anilines is 1. The van der Waals surface area contributed by atoms with Crippen molar-refractivity contribution in [2.24, 2.45) is 17.1 Å². The number of ketones is 1. The molecule has 4 rings (SSSR count). The highest BCUT2D eigenvalue weighted by molar-refractivity contribution is 7.94. The zero-order chi connectivity index (χ0) is 30.6. The molecule has 0 radical (unpaired) electrons. The maximum Gasteiger partial charge on any atom is 0.266 e. The summed E-state index contributed by atoms with van der Waals surface area (Å²) in [5.74, 6) is 1.43. The molecule has 1 aromatic carbocycles. The Bertz CT molecular complexity index is 1730. The summed E-state index contributed by atoms with van der Waals surface area (Å²) in [6.45, 7) is 5.75. The van der Waals surface area contributed by atoms with Crippen LogP contribution < -0.4 is 4.90 Å². The van der Waals surface area contributed by atoms with E-state index in [4.69, 9.17) is 20.3 Å². The van der Waals surface area contributed by atoms with Crippen molar-refractivity contribution < 1.29 is 37.5 Å². The molecule has 15 nitrogen and oxygen atoms in total. The number of benzene rings is 1. The van der Waals surface area contributed by atoms with Gasteiger partial charge in [-0.15, -0.1) is 4.33 Å². The first kappa shape index (κ1) is 30.9. The topological polar surface area (TPSA) is 194 Å². The summed E-state index contributed by atoms with van der Waals surface area (Å²) in [4.78, 5) is 23.9. The molecule has 42 heavy (non-hydrogen) atoms. The minimum Gasteiger partial charge on any atom is -0.462 e. The van der Waals surface area contributed by atoms with E-state index in [1.165, 1.54) is 4.68 Å². The number of nitrogens with zero attached hydrogens (tertiary/aromatic N) is 7. The van der Waals surface area contributed by atoms with Crippen LogP contribution in [-0.4, -0.2) is 84.6 Å². The van der Waals surface area contributed by atoms with Crippen LogP contribution in [0.15, 0.2) is 34.4 Å². The predicted molar refractivity (Wildman–Crippen MR) is 155 cm³/mol. The van der Waals surface area contributed by atoms with Gasteiger partial charge in [0, 0.05) is 55.2 Å². The lowest BCUT2D eigenvalue weighted by atomic mass is 10.1. The van der Waals surface area contributed by atoms with E-state index in [0.717, 1.165) is 17.7 Å². The van der Waals surface area contributed by atoms with Crippen molar-refractivity contribution >= 4 is 50.7 Å². The average Bonchev–Trinajstić information content (AvgIpc) is 3.56. The fourth-order valence-corrected chi connectivity index (χ4v) is 5.04. The molecule has 17 heteroatoms. The molecule has 222 valence electrons. The van der Waals surface area contributed by atoms with Gasteiger partial charge >= 0.3 is 0 Å². The van der Waals surface area contributed by atoms with E-state index in [-0.39, 0.29) is 24.5 Å². The number of imidazole rings is 1. The van der Waals surface area contributed by atoms with Crippen LogP contribution in [0.2, 0.25) is 0 Å². The Labute approximate surface area is 245 Å². The van der Waals surface area contributed by atoms with Gasteiger partial charge < -0.3 is 10.0 Å². The quantitative estimate of drug-likeness (QED) is 0.0671. The number of aliphatic imine (C=N–C) groups is 1. The summed E-state index contributed by atoms with van der Waals surface area (Å²) in [7, 11) is -2.40. The van der Waals surface area contributed by atoms with Crippen molar-refractivity contribution in [3.8, 4) is 23.4 Å². The first-order valence-corrected chi connectivity index (χ1v) is 14.8. The van der Waals surface area contributed by atoms with Crippen LogP contribution in [0.1, 0.15) is 22.8 Å². The van der Waals surface area contributed by atoms with Crippen LogP contribution in [0.25, 0.3) is 11.4 Å². The number of Topliss-reactive ketones (excluding diaryl/α,β-unsaturated/α-hetero) is 1. The molecule has 1 aliphatic rings. The molecule has 3 aromatic rings. The molecule has 0 aliphatic carbocycles. The number of hydrogen-bond donors (Lipinski definition) is 3. The second-order valence-electron chi connectivity index (χ2n) is 9.16. The van der Waals surface area contributed by atoms with Crippen molar-refractivity contribution in [2.75, 3.05) is 29.5 Å². The molecule has 0 atom stereocenters. The van der Waals surface area contributed by atoms with Crippen LogP contribution in [-0.2, 0) is 31.3 Å². The molecule has 0 bridgehead atoms. The Kier molecular flexibility index (Phi) is 9.46. The van der Waals surface area contributed by atoms with E-state index in [1.54, 1.807) is 47.7 Å². The van der Waals surface area contributed by atoms with E-state index < -0.39 is 21.7 Å². The second-order valence-corrected chi connectivity index (χ2v) is 11.5. The molecule has 2 aromatic heterocycles. The molecule has 3 heterocycles. The number of hydrogen-bond acceptors (Lipinski definition) is 13. The highest BCUT2D eigenvalue weighted by Crippen LogP contribution is 2.30. The molecule has 0 saturated carbocycles. The fourth-order valence-electron chi connectivity index (χ4n) is 4.19. The lowest BCUT2D eigenvalue weighted by Gasteiger charge is -2.24. The normalized spacial score (nSPS) is 13.6. The van der Waals surface area contributed by atoms with Gasteiger partial charge in [0.25, 0.3) is 15.9 Å². The van der Waals surface area contributed by atoms with Gasteiger partial charge in [0.15, 0.2) is 11.5 Å². The number of aliphatic hydroxyl groups excluding tert-OH is 1. The monoisotopic (exact) mass is 617 g/mol. The zero-order valence-corrected chi connectivity index (χ0v) is 24.6. The minimum atomic E-state index is -4.22. The third-order valence-corrected chi connectivity index (χ3v) is 7.58. The third-order valence-electron chi connectivity index (χ3n) is 6.38. The van der Waals surface area contributed by atoms with Crippen molar-refractivity contribution in [3.05, 3.63) is 47.0 Å². The molecule has 3 N–H and O–H groups in total. The minimum absolute atomic E-state index is 0.0235. The first-order valence-electron chi connectivity index (χ1n) is 12.3. The largest absolute Gasteiger partial charge is 0.462 e. The van der Waals surface area contributed by atoms with Crippen LogP contribution in [0.5, 0.6) is 0 Å². The molecule has 0 amide bonds. The van der Waals surface area contributed by atoms with Gasteiger partial charge in [0.1, 0.15) is 23.2 Å². The number of aryl methyl sites for hydroxylation is 3. The smallest absolute Gasteiger partial charge is 0.266 e. The molecular weight excluding hydrogens is 590 g/mol.